The summed E-state index contributed by atoms with van der Waals surface area (Å²) < 4.78 is 6.24. The lowest BCUT2D eigenvalue weighted by Gasteiger charge is -2.11. The van der Waals surface area contributed by atoms with E-state index in [2.05, 4.69) is 26.6 Å². The first kappa shape index (κ1) is 18.5. The fourth-order valence-corrected chi connectivity index (χ4v) is 3.70. The molecule has 1 aromatic heterocycles. The molecule has 3 aromatic rings. The molecule has 2 unspecified atom stereocenters. The van der Waals surface area contributed by atoms with Crippen LogP contribution in [0.1, 0.15) is 34.0 Å². The third kappa shape index (κ3) is 4.17. The number of hydrogen-bond donors (Lipinski definition) is 2. The zero-order valence-electron chi connectivity index (χ0n) is 15.0. The van der Waals surface area contributed by atoms with Gasteiger partial charge in [-0.2, -0.15) is 0 Å². The van der Waals surface area contributed by atoms with Gasteiger partial charge in [-0.1, -0.05) is 40.2 Å². The highest BCUT2D eigenvalue weighted by Crippen LogP contribution is 2.48. The van der Waals surface area contributed by atoms with Crippen LogP contribution < -0.4 is 10.6 Å². The molecular formula is C22H19BrN2O3. The number of hydrogen-bond acceptors (Lipinski definition) is 3. The van der Waals surface area contributed by atoms with Gasteiger partial charge in [-0.15, -0.1) is 0 Å². The molecule has 0 saturated heterocycles. The number of carbonyl (C=O) groups is 2. The summed E-state index contributed by atoms with van der Waals surface area (Å²) in [6.07, 6.45) is 2.38. The number of rotatable bonds is 6. The van der Waals surface area contributed by atoms with Crippen molar-refractivity contribution in [2.24, 2.45) is 5.92 Å². The van der Waals surface area contributed by atoms with E-state index in [0.29, 0.717) is 23.6 Å². The van der Waals surface area contributed by atoms with Crippen molar-refractivity contribution in [2.45, 2.75) is 18.9 Å². The highest BCUT2D eigenvalue weighted by molar-refractivity contribution is 9.10. The number of para-hydroxylation sites is 1. The van der Waals surface area contributed by atoms with Crippen LogP contribution in [-0.2, 0) is 11.3 Å². The second-order valence-electron chi connectivity index (χ2n) is 6.80. The fraction of sp³-hybridized carbons (Fsp3) is 0.182. The van der Waals surface area contributed by atoms with Gasteiger partial charge in [0.25, 0.3) is 5.91 Å². The molecule has 0 aliphatic heterocycles. The largest absolute Gasteiger partial charge is 0.467 e. The van der Waals surface area contributed by atoms with Gasteiger partial charge in [0, 0.05) is 10.4 Å². The van der Waals surface area contributed by atoms with Crippen molar-refractivity contribution in [3.05, 3.63) is 88.3 Å². The standard InChI is InChI=1S/C22H19BrN2O3/c23-15-6-3-5-14(11-15)18-12-19(18)22(27)25-20-9-2-1-8-17(20)21(26)24-13-16-7-4-10-28-16/h1-11,18-19H,12-13H2,(H,24,26)(H,25,27). The number of halogens is 1. The molecule has 0 spiro atoms. The third-order valence-corrected chi connectivity index (χ3v) is 5.33. The van der Waals surface area contributed by atoms with Crippen LogP contribution in [0.25, 0.3) is 0 Å². The van der Waals surface area contributed by atoms with Gasteiger partial charge < -0.3 is 15.1 Å². The summed E-state index contributed by atoms with van der Waals surface area (Å²) in [5.41, 5.74) is 2.10. The predicted octanol–water partition coefficient (Wildman–Crippen LogP) is 4.71. The zero-order valence-corrected chi connectivity index (χ0v) is 16.6. The number of carbonyl (C=O) groups excluding carboxylic acids is 2. The molecule has 6 heteroatoms. The monoisotopic (exact) mass is 438 g/mol. The number of amides is 2. The van der Waals surface area contributed by atoms with E-state index < -0.39 is 0 Å². The molecule has 1 saturated carbocycles. The molecule has 28 heavy (non-hydrogen) atoms. The maximum absolute atomic E-state index is 12.7. The van der Waals surface area contributed by atoms with Gasteiger partial charge in [0.05, 0.1) is 24.1 Å². The summed E-state index contributed by atoms with van der Waals surface area (Å²) in [6.45, 7) is 0.293. The zero-order chi connectivity index (χ0) is 19.5. The fourth-order valence-electron chi connectivity index (χ4n) is 3.28. The van der Waals surface area contributed by atoms with Gasteiger partial charge in [0.15, 0.2) is 0 Å². The molecule has 5 nitrogen and oxygen atoms in total. The Hall–Kier alpha value is -2.86. The molecule has 0 radical (unpaired) electrons. The minimum absolute atomic E-state index is 0.0590. The Morgan fingerprint density at radius 2 is 1.93 bits per heavy atom. The molecule has 2 N–H and O–H groups in total. The van der Waals surface area contributed by atoms with E-state index in [9.17, 15) is 9.59 Å². The summed E-state index contributed by atoms with van der Waals surface area (Å²) in [7, 11) is 0. The van der Waals surface area contributed by atoms with Crippen molar-refractivity contribution >= 4 is 33.4 Å². The van der Waals surface area contributed by atoms with E-state index in [-0.39, 0.29) is 23.7 Å². The molecule has 1 aliphatic carbocycles. The summed E-state index contributed by atoms with van der Waals surface area (Å²) in [4.78, 5) is 25.2. The van der Waals surface area contributed by atoms with Crippen molar-refractivity contribution in [3.63, 3.8) is 0 Å². The number of anilines is 1. The van der Waals surface area contributed by atoms with E-state index >= 15 is 0 Å². The van der Waals surface area contributed by atoms with E-state index in [4.69, 9.17) is 4.42 Å². The van der Waals surface area contributed by atoms with Crippen LogP contribution in [0.5, 0.6) is 0 Å². The Morgan fingerprint density at radius 1 is 1.07 bits per heavy atom. The van der Waals surface area contributed by atoms with Gasteiger partial charge in [-0.25, -0.2) is 0 Å². The molecule has 2 atom stereocenters. The molecule has 0 bridgehead atoms. The Kier molecular flexibility index (Phi) is 5.30. The molecule has 2 aromatic carbocycles. The number of nitrogens with one attached hydrogen (secondary N) is 2. The Labute approximate surface area is 171 Å². The van der Waals surface area contributed by atoms with Crippen LogP contribution in [0.4, 0.5) is 5.69 Å². The predicted molar refractivity (Wildman–Crippen MR) is 110 cm³/mol. The maximum atomic E-state index is 12.7. The summed E-state index contributed by atoms with van der Waals surface area (Å²) in [6, 6.07) is 18.6. The quantitative estimate of drug-likeness (QED) is 0.584. The molecule has 1 heterocycles. The Morgan fingerprint density at radius 3 is 2.71 bits per heavy atom. The van der Waals surface area contributed by atoms with E-state index in [1.165, 1.54) is 0 Å². The van der Waals surface area contributed by atoms with Crippen LogP contribution in [0.2, 0.25) is 0 Å². The van der Waals surface area contributed by atoms with E-state index in [1.54, 1.807) is 42.7 Å². The number of benzene rings is 2. The van der Waals surface area contributed by atoms with Gasteiger partial charge in [-0.05, 0) is 54.3 Å². The SMILES string of the molecule is O=C(NCc1ccco1)c1ccccc1NC(=O)C1CC1c1cccc(Br)c1. The summed E-state index contributed by atoms with van der Waals surface area (Å²) >= 11 is 3.47. The average molecular weight is 439 g/mol. The average Bonchev–Trinajstić information content (AvgIpc) is 3.34. The first-order chi connectivity index (χ1) is 13.6. The number of furan rings is 1. The van der Waals surface area contributed by atoms with Crippen molar-refractivity contribution in [2.75, 3.05) is 5.32 Å². The topological polar surface area (TPSA) is 71.3 Å². The van der Waals surface area contributed by atoms with Gasteiger partial charge in [-0.3, -0.25) is 9.59 Å². The lowest BCUT2D eigenvalue weighted by atomic mass is 10.1. The van der Waals surface area contributed by atoms with Gasteiger partial charge >= 0.3 is 0 Å². The smallest absolute Gasteiger partial charge is 0.253 e. The highest BCUT2D eigenvalue weighted by atomic mass is 79.9. The van der Waals surface area contributed by atoms with Gasteiger partial charge in [0.1, 0.15) is 5.76 Å². The first-order valence-electron chi connectivity index (χ1n) is 9.08. The minimum atomic E-state index is -0.258. The second-order valence-corrected chi connectivity index (χ2v) is 7.72. The lowest BCUT2D eigenvalue weighted by Crippen LogP contribution is -2.25. The molecule has 1 fully saturated rings. The van der Waals surface area contributed by atoms with Crippen molar-refractivity contribution in [1.82, 2.24) is 5.32 Å². The molecule has 2 amide bonds. The van der Waals surface area contributed by atoms with Crippen LogP contribution in [0.15, 0.2) is 75.8 Å². The summed E-state index contributed by atoms with van der Waals surface area (Å²) in [5.74, 6) is 0.499. The Bertz CT molecular complexity index is 1000. The minimum Gasteiger partial charge on any atom is -0.467 e. The van der Waals surface area contributed by atoms with Crippen LogP contribution >= 0.6 is 15.9 Å². The molecule has 4 rings (SSSR count). The third-order valence-electron chi connectivity index (χ3n) is 4.84. The van der Waals surface area contributed by atoms with Crippen molar-refractivity contribution in [3.8, 4) is 0 Å². The molecule has 1 aliphatic rings. The van der Waals surface area contributed by atoms with Gasteiger partial charge in [0.2, 0.25) is 5.91 Å². The first-order valence-corrected chi connectivity index (χ1v) is 9.87. The lowest BCUT2D eigenvalue weighted by molar-refractivity contribution is -0.117. The van der Waals surface area contributed by atoms with Crippen molar-refractivity contribution < 1.29 is 14.0 Å². The van der Waals surface area contributed by atoms with Crippen LogP contribution in [0.3, 0.4) is 0 Å². The maximum Gasteiger partial charge on any atom is 0.253 e. The van der Waals surface area contributed by atoms with E-state index in [1.807, 2.05) is 24.3 Å². The second kappa shape index (κ2) is 8.02. The normalized spacial score (nSPS) is 17.8. The van der Waals surface area contributed by atoms with Crippen molar-refractivity contribution in [1.29, 1.82) is 0 Å². The highest BCUT2D eigenvalue weighted by Gasteiger charge is 2.44. The molecule has 142 valence electrons. The summed E-state index contributed by atoms with van der Waals surface area (Å²) in [5, 5.41) is 5.74. The molecular weight excluding hydrogens is 420 g/mol. The Balaban J connectivity index is 1.41. The van der Waals surface area contributed by atoms with Crippen LogP contribution in [-0.4, -0.2) is 11.8 Å². The van der Waals surface area contributed by atoms with Crippen LogP contribution in [0, 0.1) is 5.92 Å². The van der Waals surface area contributed by atoms with E-state index in [0.717, 1.165) is 16.5 Å².